The lowest BCUT2D eigenvalue weighted by Crippen LogP contribution is -2.16. The quantitative estimate of drug-likeness (QED) is 0.145. The standard InChI is InChI=1S/C57H38O.C51H34S/c1-57(2)50-34-33-35-13-3-4-14-40(35)54(50)49-23-11-20-41(55(49)57)36-25-29-38(30-26-36)52-44-16-5-7-18-46(44)53(47-19-8-6-17-45(47)52)39-31-27-37(28-32-39)42-21-12-22-48-43-15-9-10-24-51(43)58-56(42)48;1-51(2)44-30-29-31-13-3-4-14-34(31)48(44)42-22-11-20-35(49(42)51)32-25-27-33(28-26-32)46-37-16-5-7-18-39(37)47(40-19-8-6-17-38(40)46)43-23-12-21-41-36-15-9-10-24-45(36)52-50(41)43/h3-34H,1-2H3;3-30H,1-2H3. The summed E-state index contributed by atoms with van der Waals surface area (Å²) >= 11 is 1.90. The molecule has 0 saturated carbocycles. The molecule has 0 amide bonds. The van der Waals surface area contributed by atoms with Crippen LogP contribution < -0.4 is 0 Å². The summed E-state index contributed by atoms with van der Waals surface area (Å²) in [6.45, 7) is 9.56. The number of furan rings is 1. The normalized spacial score (nSPS) is 13.2. The first-order valence-electron chi connectivity index (χ1n) is 38.4. The van der Waals surface area contributed by atoms with Crippen molar-refractivity contribution in [2.24, 2.45) is 0 Å². The maximum Gasteiger partial charge on any atom is 0.143 e. The van der Waals surface area contributed by atoms with Gasteiger partial charge in [0.1, 0.15) is 11.2 Å². The van der Waals surface area contributed by atoms with Crippen molar-refractivity contribution in [3.05, 3.63) is 386 Å². The van der Waals surface area contributed by atoms with E-state index in [1.54, 1.807) is 0 Å². The van der Waals surface area contributed by atoms with Gasteiger partial charge in [0.25, 0.3) is 0 Å². The van der Waals surface area contributed by atoms with Crippen LogP contribution in [0.3, 0.4) is 0 Å². The molecule has 0 unspecified atom stereocenters. The van der Waals surface area contributed by atoms with Crippen molar-refractivity contribution in [1.82, 2.24) is 0 Å². The second-order valence-electron chi connectivity index (χ2n) is 31.1. The molecular formula is C108H72OS. The Labute approximate surface area is 642 Å². The maximum absolute atomic E-state index is 6.41. The van der Waals surface area contributed by atoms with Crippen LogP contribution in [0.4, 0.5) is 0 Å². The zero-order valence-corrected chi connectivity index (χ0v) is 62.3. The minimum Gasteiger partial charge on any atom is -0.455 e. The summed E-state index contributed by atoms with van der Waals surface area (Å²) in [5.41, 5.74) is 30.2. The molecule has 0 saturated heterocycles. The lowest BCUT2D eigenvalue weighted by molar-refractivity contribution is 0.662. The van der Waals surface area contributed by atoms with Gasteiger partial charge in [0.05, 0.1) is 0 Å². The molecule has 2 heteroatoms. The van der Waals surface area contributed by atoms with Crippen LogP contribution in [-0.2, 0) is 10.8 Å². The van der Waals surface area contributed by atoms with E-state index in [-0.39, 0.29) is 10.8 Å². The summed E-state index contributed by atoms with van der Waals surface area (Å²) in [6, 6.07) is 135. The monoisotopic (exact) mass is 1420 g/mol. The first-order chi connectivity index (χ1) is 54.1. The highest BCUT2D eigenvalue weighted by molar-refractivity contribution is 7.26. The Morgan fingerprint density at radius 3 is 0.982 bits per heavy atom. The van der Waals surface area contributed by atoms with Gasteiger partial charge in [0, 0.05) is 52.9 Å². The van der Waals surface area contributed by atoms with Crippen LogP contribution in [0.5, 0.6) is 0 Å². The summed E-state index contributed by atoms with van der Waals surface area (Å²) in [5.74, 6) is 0. The highest BCUT2D eigenvalue weighted by Crippen LogP contribution is 2.58. The average Bonchev–Trinajstić information content (AvgIpc) is 1.57. The van der Waals surface area contributed by atoms with Crippen molar-refractivity contribution < 1.29 is 4.42 Å². The van der Waals surface area contributed by atoms with Gasteiger partial charge in [-0.3, -0.25) is 0 Å². The zero-order valence-electron chi connectivity index (χ0n) is 61.5. The van der Waals surface area contributed by atoms with Gasteiger partial charge in [0.15, 0.2) is 0 Å². The molecule has 0 N–H and O–H groups in total. The van der Waals surface area contributed by atoms with Gasteiger partial charge in [-0.05, 0) is 188 Å². The van der Waals surface area contributed by atoms with E-state index < -0.39 is 0 Å². The van der Waals surface area contributed by atoms with Gasteiger partial charge in [-0.25, -0.2) is 0 Å². The molecule has 1 nitrogen and oxygen atoms in total. The van der Waals surface area contributed by atoms with E-state index in [9.17, 15) is 0 Å². The van der Waals surface area contributed by atoms with E-state index in [0.29, 0.717) is 0 Å². The molecular weight excluding hydrogens is 1350 g/mol. The third-order valence-corrected chi connectivity index (χ3v) is 25.7. The highest BCUT2D eigenvalue weighted by atomic mass is 32.1. The number of hydrogen-bond acceptors (Lipinski definition) is 2. The van der Waals surface area contributed by atoms with E-state index in [1.165, 1.54) is 196 Å². The van der Waals surface area contributed by atoms with Crippen molar-refractivity contribution in [2.45, 2.75) is 38.5 Å². The fourth-order valence-corrected chi connectivity index (χ4v) is 20.9. The van der Waals surface area contributed by atoms with E-state index >= 15 is 0 Å². The lowest BCUT2D eigenvalue weighted by atomic mass is 9.78. The average molecular weight is 1420 g/mol. The Morgan fingerprint density at radius 2 is 0.527 bits per heavy atom. The molecule has 0 spiro atoms. The molecule has 2 aliphatic rings. The summed E-state index contributed by atoms with van der Waals surface area (Å²) in [7, 11) is 0. The number of hydrogen-bond donors (Lipinski definition) is 0. The molecule has 0 bridgehead atoms. The Balaban J connectivity index is 0.000000136. The lowest BCUT2D eigenvalue weighted by Gasteiger charge is -2.25. The molecule has 21 aromatic rings. The van der Waals surface area contributed by atoms with Crippen LogP contribution in [0.1, 0.15) is 49.9 Å². The van der Waals surface area contributed by atoms with Crippen LogP contribution in [0, 0.1) is 0 Å². The van der Waals surface area contributed by atoms with Crippen molar-refractivity contribution in [1.29, 1.82) is 0 Å². The highest BCUT2D eigenvalue weighted by Gasteiger charge is 2.40. The molecule has 23 rings (SSSR count). The van der Waals surface area contributed by atoms with Crippen LogP contribution >= 0.6 is 11.3 Å². The zero-order chi connectivity index (χ0) is 73.1. The van der Waals surface area contributed by atoms with E-state index in [0.717, 1.165) is 33.1 Å². The molecule has 2 heterocycles. The summed E-state index contributed by atoms with van der Waals surface area (Å²) < 4.78 is 9.10. The Bertz CT molecular complexity index is 7310. The topological polar surface area (TPSA) is 13.1 Å². The fourth-order valence-electron chi connectivity index (χ4n) is 19.6. The van der Waals surface area contributed by atoms with Gasteiger partial charge in [-0.2, -0.15) is 0 Å². The fraction of sp³-hybridized carbons (Fsp3) is 0.0556. The molecule has 0 radical (unpaired) electrons. The largest absolute Gasteiger partial charge is 0.455 e. The molecule has 0 atom stereocenters. The molecule has 0 fully saturated rings. The van der Waals surface area contributed by atoms with Crippen molar-refractivity contribution in [2.75, 3.05) is 0 Å². The van der Waals surface area contributed by atoms with E-state index in [2.05, 4.69) is 380 Å². The van der Waals surface area contributed by atoms with Gasteiger partial charge >= 0.3 is 0 Å². The molecule has 0 aliphatic heterocycles. The van der Waals surface area contributed by atoms with Crippen LogP contribution in [0.2, 0.25) is 0 Å². The molecule has 2 aliphatic carbocycles. The number of rotatable bonds is 7. The van der Waals surface area contributed by atoms with Gasteiger partial charge in [0.2, 0.25) is 0 Å². The number of para-hydroxylation sites is 2. The Morgan fingerprint density at radius 1 is 0.209 bits per heavy atom. The van der Waals surface area contributed by atoms with Crippen LogP contribution in [0.25, 0.3) is 207 Å². The maximum atomic E-state index is 6.41. The Kier molecular flexibility index (Phi) is 14.3. The smallest absolute Gasteiger partial charge is 0.143 e. The van der Waals surface area contributed by atoms with Gasteiger partial charge < -0.3 is 4.42 Å². The van der Waals surface area contributed by atoms with Crippen molar-refractivity contribution >= 4 is 118 Å². The van der Waals surface area contributed by atoms with Crippen LogP contribution in [0.15, 0.2) is 368 Å². The Hall–Kier alpha value is -13.2. The number of fused-ring (bicyclic) bond motifs is 20. The summed E-state index contributed by atoms with van der Waals surface area (Å²) in [4.78, 5) is 0. The first-order valence-corrected chi connectivity index (χ1v) is 39.3. The summed E-state index contributed by atoms with van der Waals surface area (Å²) in [5, 5.41) is 20.4. The molecule has 110 heavy (non-hydrogen) atoms. The molecule has 2 aromatic heterocycles. The molecule has 19 aromatic carbocycles. The second kappa shape index (κ2) is 24.7. The first kappa shape index (κ1) is 64.0. The van der Waals surface area contributed by atoms with Crippen molar-refractivity contribution in [3.8, 4) is 100 Å². The third kappa shape index (κ3) is 9.59. The SMILES string of the molecule is CC1(C)c2ccc3ccccc3c2-c2cccc(-c3ccc(-c4c5ccccc5c(-c5ccc(-c6cccc7c6oc6ccccc67)cc5)c5ccccc45)cc3)c21.CC1(C)c2ccc3ccccc3c2-c2cccc(-c3ccc(-c4c5ccccc5c(-c5cccc6c5sc5ccccc56)c5ccccc45)cc3)c21. The number of benzene rings is 19. The van der Waals surface area contributed by atoms with Crippen molar-refractivity contribution in [3.63, 3.8) is 0 Å². The number of thiophene rings is 1. The van der Waals surface area contributed by atoms with Crippen LogP contribution in [-0.4, -0.2) is 0 Å². The minimum atomic E-state index is -0.120. The van der Waals surface area contributed by atoms with E-state index in [4.69, 9.17) is 4.42 Å². The third-order valence-electron chi connectivity index (χ3n) is 24.5. The second-order valence-corrected chi connectivity index (χ2v) is 32.2. The van der Waals surface area contributed by atoms with Gasteiger partial charge in [-0.15, -0.1) is 11.3 Å². The predicted molar refractivity (Wildman–Crippen MR) is 471 cm³/mol. The molecule has 516 valence electrons. The summed E-state index contributed by atoms with van der Waals surface area (Å²) in [6.07, 6.45) is 0. The predicted octanol–water partition coefficient (Wildman–Crippen LogP) is 30.8. The van der Waals surface area contributed by atoms with Gasteiger partial charge in [-0.1, -0.05) is 380 Å². The minimum absolute atomic E-state index is 0.108. The van der Waals surface area contributed by atoms with E-state index in [1.807, 2.05) is 23.5 Å².